The second kappa shape index (κ2) is 9.39. The molecule has 164 valence electrons. The fraction of sp³-hybridized carbons (Fsp3) is 0.261. The molecule has 32 heavy (non-hydrogen) atoms. The molecule has 0 bridgehead atoms. The van der Waals surface area contributed by atoms with Gasteiger partial charge in [-0.05, 0) is 61.4 Å². The number of nitrogens with zero attached hydrogens (tertiary/aromatic N) is 3. The summed E-state index contributed by atoms with van der Waals surface area (Å²) in [5, 5.41) is 15.8. The second-order valence-corrected chi connectivity index (χ2v) is 7.86. The molecule has 2 aromatic carbocycles. The molecule has 1 N–H and O–H groups in total. The quantitative estimate of drug-likeness (QED) is 0.590. The van der Waals surface area contributed by atoms with Crippen molar-refractivity contribution < 1.29 is 13.9 Å². The first-order valence-corrected chi connectivity index (χ1v) is 10.4. The van der Waals surface area contributed by atoms with Crippen LogP contribution in [0.1, 0.15) is 18.4 Å². The Morgan fingerprint density at radius 3 is 2.53 bits per heavy atom. The van der Waals surface area contributed by atoms with E-state index in [1.54, 1.807) is 48.5 Å². The maximum Gasteiger partial charge on any atom is 0.292 e. The molecule has 0 aliphatic carbocycles. The number of anilines is 1. The maximum absolute atomic E-state index is 14.7. The smallest absolute Gasteiger partial charge is 0.292 e. The molecule has 4 rings (SSSR count). The van der Waals surface area contributed by atoms with Gasteiger partial charge in [-0.2, -0.15) is 15.0 Å². The van der Waals surface area contributed by atoms with Crippen LogP contribution in [0, 0.1) is 11.3 Å². The van der Waals surface area contributed by atoms with Crippen LogP contribution >= 0.6 is 11.6 Å². The lowest BCUT2D eigenvalue weighted by atomic mass is 9.99. The summed E-state index contributed by atoms with van der Waals surface area (Å²) in [6, 6.07) is 15.5. The number of benzene rings is 2. The van der Waals surface area contributed by atoms with Gasteiger partial charge in [-0.3, -0.25) is 4.79 Å². The van der Waals surface area contributed by atoms with Gasteiger partial charge in [0.2, 0.25) is 0 Å². The van der Waals surface area contributed by atoms with Gasteiger partial charge in [0.25, 0.3) is 5.56 Å². The van der Waals surface area contributed by atoms with E-state index in [2.05, 4.69) is 10.4 Å². The molecule has 0 amide bonds. The number of halogens is 2. The van der Waals surface area contributed by atoms with E-state index in [9.17, 15) is 9.18 Å². The van der Waals surface area contributed by atoms with Crippen LogP contribution in [0.4, 0.5) is 10.1 Å². The average Bonchev–Trinajstić information content (AvgIpc) is 2.82. The van der Waals surface area contributed by atoms with Crippen molar-refractivity contribution in [2.75, 3.05) is 25.1 Å². The average molecular weight is 455 g/mol. The Kier molecular flexibility index (Phi) is 6.40. The van der Waals surface area contributed by atoms with Crippen molar-refractivity contribution >= 4 is 17.3 Å². The molecule has 1 aliphatic rings. The number of nitrogens with one attached hydrogen (secondary N) is 1. The molecule has 1 aromatic heterocycles. The molecular formula is C23H20ClFN4O3. The van der Waals surface area contributed by atoms with Gasteiger partial charge in [0.1, 0.15) is 16.5 Å². The van der Waals surface area contributed by atoms with Gasteiger partial charge in [0, 0.05) is 6.61 Å². The van der Waals surface area contributed by atoms with Gasteiger partial charge in [0.05, 0.1) is 42.4 Å². The summed E-state index contributed by atoms with van der Waals surface area (Å²) >= 11 is 6.24. The van der Waals surface area contributed by atoms with Gasteiger partial charge in [-0.15, -0.1) is 0 Å². The molecule has 7 nitrogen and oxygen atoms in total. The van der Waals surface area contributed by atoms with Gasteiger partial charge < -0.3 is 14.8 Å². The standard InChI is InChI=1S/C23H20ClFN4O3/c24-21-20(27-14-23(25)10-1-11-31-15-23)13-28-29(22(21)30)17-4-8-19(9-5-17)32-18-6-2-16(12-26)3-7-18/h2-9,13,27H,1,10-11,14-15H2/t23-/m1/s1. The van der Waals surface area contributed by atoms with E-state index < -0.39 is 11.2 Å². The van der Waals surface area contributed by atoms with Crippen molar-refractivity contribution in [3.8, 4) is 23.3 Å². The first kappa shape index (κ1) is 21.8. The highest BCUT2D eigenvalue weighted by atomic mass is 35.5. The number of hydrogen-bond acceptors (Lipinski definition) is 6. The Hall–Kier alpha value is -3.41. The molecule has 0 radical (unpaired) electrons. The number of hydrogen-bond donors (Lipinski definition) is 1. The third-order valence-corrected chi connectivity index (χ3v) is 5.45. The van der Waals surface area contributed by atoms with E-state index in [1.165, 1.54) is 6.20 Å². The lowest BCUT2D eigenvalue weighted by Crippen LogP contribution is -2.40. The van der Waals surface area contributed by atoms with Crippen molar-refractivity contribution in [3.63, 3.8) is 0 Å². The SMILES string of the molecule is N#Cc1ccc(Oc2ccc(-n3ncc(NC[C@]4(F)CCCOC4)c(Cl)c3=O)cc2)cc1. The largest absolute Gasteiger partial charge is 0.457 e. The van der Waals surface area contributed by atoms with Crippen LogP contribution in [-0.4, -0.2) is 35.2 Å². The highest BCUT2D eigenvalue weighted by Crippen LogP contribution is 2.26. The van der Waals surface area contributed by atoms with E-state index in [0.29, 0.717) is 42.2 Å². The number of alkyl halides is 1. The number of nitriles is 1. The zero-order chi connectivity index (χ0) is 22.6. The zero-order valence-electron chi connectivity index (χ0n) is 17.1. The zero-order valence-corrected chi connectivity index (χ0v) is 17.8. The van der Waals surface area contributed by atoms with Gasteiger partial charge in [-0.25, -0.2) is 4.39 Å². The van der Waals surface area contributed by atoms with Crippen LogP contribution in [0.3, 0.4) is 0 Å². The second-order valence-electron chi connectivity index (χ2n) is 7.48. The maximum atomic E-state index is 14.7. The predicted molar refractivity (Wildman–Crippen MR) is 118 cm³/mol. The Morgan fingerprint density at radius 1 is 1.22 bits per heavy atom. The van der Waals surface area contributed by atoms with Crippen LogP contribution in [0.2, 0.25) is 5.02 Å². The van der Waals surface area contributed by atoms with E-state index in [0.717, 1.165) is 4.68 Å². The Morgan fingerprint density at radius 2 is 1.91 bits per heavy atom. The molecule has 2 heterocycles. The topological polar surface area (TPSA) is 89.2 Å². The Balaban J connectivity index is 1.46. The summed E-state index contributed by atoms with van der Waals surface area (Å²) in [6.45, 7) is 0.555. The summed E-state index contributed by atoms with van der Waals surface area (Å²) in [5.74, 6) is 1.14. The van der Waals surface area contributed by atoms with Gasteiger partial charge in [-0.1, -0.05) is 11.6 Å². The monoisotopic (exact) mass is 454 g/mol. The minimum absolute atomic E-state index is 0.0129. The van der Waals surface area contributed by atoms with Gasteiger partial charge >= 0.3 is 0 Å². The van der Waals surface area contributed by atoms with Crippen molar-refractivity contribution in [2.24, 2.45) is 0 Å². The molecular weight excluding hydrogens is 435 g/mol. The van der Waals surface area contributed by atoms with Crippen LogP contribution < -0.4 is 15.6 Å². The fourth-order valence-corrected chi connectivity index (χ4v) is 3.54. The first-order chi connectivity index (χ1) is 15.5. The number of ether oxygens (including phenoxy) is 2. The number of aromatic nitrogens is 2. The minimum atomic E-state index is -1.50. The molecule has 0 unspecified atom stereocenters. The third kappa shape index (κ3) is 4.90. The van der Waals surface area contributed by atoms with Crippen LogP contribution in [-0.2, 0) is 4.74 Å². The molecule has 0 spiro atoms. The number of rotatable bonds is 6. The Labute approximate surface area is 189 Å². The van der Waals surface area contributed by atoms with E-state index in [1.807, 2.05) is 6.07 Å². The Bertz CT molecular complexity index is 1180. The van der Waals surface area contributed by atoms with Crippen LogP contribution in [0.5, 0.6) is 11.5 Å². The van der Waals surface area contributed by atoms with E-state index >= 15 is 0 Å². The molecule has 9 heteroatoms. The fourth-order valence-electron chi connectivity index (χ4n) is 3.34. The van der Waals surface area contributed by atoms with Crippen molar-refractivity contribution in [2.45, 2.75) is 18.5 Å². The highest BCUT2D eigenvalue weighted by Gasteiger charge is 2.32. The molecule has 1 saturated heterocycles. The molecule has 3 aromatic rings. The molecule has 1 atom stereocenters. The summed E-state index contributed by atoms with van der Waals surface area (Å²) in [4.78, 5) is 12.7. The van der Waals surface area contributed by atoms with Gasteiger partial charge in [0.15, 0.2) is 5.67 Å². The minimum Gasteiger partial charge on any atom is -0.457 e. The lowest BCUT2D eigenvalue weighted by molar-refractivity contribution is -0.0234. The van der Waals surface area contributed by atoms with Crippen LogP contribution in [0.15, 0.2) is 59.5 Å². The summed E-state index contributed by atoms with van der Waals surface area (Å²) < 4.78 is 26.8. The van der Waals surface area contributed by atoms with E-state index in [4.69, 9.17) is 26.3 Å². The van der Waals surface area contributed by atoms with Crippen molar-refractivity contribution in [3.05, 3.63) is 75.7 Å². The first-order valence-electron chi connectivity index (χ1n) is 10.0. The highest BCUT2D eigenvalue weighted by molar-refractivity contribution is 6.32. The normalized spacial score (nSPS) is 18.0. The van der Waals surface area contributed by atoms with Crippen molar-refractivity contribution in [1.82, 2.24) is 9.78 Å². The molecule has 1 fully saturated rings. The van der Waals surface area contributed by atoms with Crippen LogP contribution in [0.25, 0.3) is 5.69 Å². The lowest BCUT2D eigenvalue weighted by Gasteiger charge is -2.29. The summed E-state index contributed by atoms with van der Waals surface area (Å²) in [6.07, 6.45) is 2.44. The predicted octanol–water partition coefficient (Wildman–Crippen LogP) is 4.48. The third-order valence-electron chi connectivity index (χ3n) is 5.09. The summed E-state index contributed by atoms with van der Waals surface area (Å²) in [7, 11) is 0. The molecule has 0 saturated carbocycles. The summed E-state index contributed by atoms with van der Waals surface area (Å²) in [5.41, 5.74) is -0.706. The molecule has 1 aliphatic heterocycles. The van der Waals surface area contributed by atoms with Crippen molar-refractivity contribution in [1.29, 1.82) is 5.26 Å². The van der Waals surface area contributed by atoms with E-state index in [-0.39, 0.29) is 23.9 Å².